The van der Waals surface area contributed by atoms with Crippen molar-refractivity contribution in [1.29, 1.82) is 0 Å². The van der Waals surface area contributed by atoms with Gasteiger partial charge in [0.25, 0.3) is 42.2 Å². The summed E-state index contributed by atoms with van der Waals surface area (Å²) >= 11 is 0. The van der Waals surface area contributed by atoms with E-state index in [1.54, 1.807) is 31.2 Å². The maximum absolute atomic E-state index is 12.4. The molecular weight excluding hydrogens is 821 g/mol. The molecule has 2 amide bonds. The number of aryl methyl sites for hydroxylation is 1. The van der Waals surface area contributed by atoms with Gasteiger partial charge >= 0.3 is 0 Å². The van der Waals surface area contributed by atoms with Crippen molar-refractivity contribution in [2.45, 2.75) is 21.6 Å². The number of imide groups is 1. The fourth-order valence-corrected chi connectivity index (χ4v) is 7.69. The van der Waals surface area contributed by atoms with Crippen LogP contribution in [0.25, 0.3) is 21.5 Å². The molecule has 0 fully saturated rings. The molecule has 7 N–H and O–H groups in total. The van der Waals surface area contributed by atoms with Crippen LogP contribution in [0.5, 0.6) is 5.75 Å². The molecule has 294 valence electrons. The largest absolute Gasteiger partial charge is 0.505 e. The van der Waals surface area contributed by atoms with Crippen molar-refractivity contribution in [3.8, 4) is 5.75 Å². The summed E-state index contributed by atoms with van der Waals surface area (Å²) < 4.78 is 102. The molecule has 0 atom stereocenters. The molecule has 0 saturated heterocycles. The number of hydrogen-bond acceptors (Lipinski definition) is 16. The van der Waals surface area contributed by atoms with Crippen LogP contribution in [-0.2, 0) is 30.4 Å². The second-order valence-corrected chi connectivity index (χ2v) is 16.7. The Morgan fingerprint density at radius 3 is 1.78 bits per heavy atom. The van der Waals surface area contributed by atoms with Crippen LogP contribution in [0, 0.1) is 6.92 Å². The van der Waals surface area contributed by atoms with Crippen LogP contribution in [0.4, 0.5) is 39.8 Å². The first-order valence-electron chi connectivity index (χ1n) is 16.1. The molecule has 1 aliphatic heterocycles. The van der Waals surface area contributed by atoms with Gasteiger partial charge in [0, 0.05) is 16.2 Å². The topological polar surface area (TPSA) is 330 Å². The van der Waals surface area contributed by atoms with E-state index >= 15 is 0 Å². The number of nitrogens with two attached hydrogens (primary N) is 1. The second kappa shape index (κ2) is 14.2. The summed E-state index contributed by atoms with van der Waals surface area (Å²) in [5.41, 5.74) is 6.69. The fourth-order valence-electron chi connectivity index (χ4n) is 5.90. The van der Waals surface area contributed by atoms with Crippen molar-refractivity contribution in [2.24, 2.45) is 30.7 Å². The second-order valence-electron chi connectivity index (χ2n) is 12.5. The number of amides is 2. The summed E-state index contributed by atoms with van der Waals surface area (Å²) in [5, 5.41) is 37.8. The van der Waals surface area contributed by atoms with Gasteiger partial charge in [-0.3, -0.25) is 28.6 Å². The number of benzene rings is 6. The lowest BCUT2D eigenvalue weighted by atomic mass is 10.1. The third kappa shape index (κ3) is 7.62. The number of nitrogens with one attached hydrogen (secondary N) is 1. The van der Waals surface area contributed by atoms with Crippen LogP contribution in [0.2, 0.25) is 0 Å². The summed E-state index contributed by atoms with van der Waals surface area (Å²) in [4.78, 5) is 21.4. The highest BCUT2D eigenvalue weighted by Gasteiger charge is 2.27. The van der Waals surface area contributed by atoms with Gasteiger partial charge in [-0.1, -0.05) is 6.07 Å². The Labute approximate surface area is 326 Å². The smallest absolute Gasteiger partial charge is 0.296 e. The third-order valence-corrected chi connectivity index (χ3v) is 11.3. The van der Waals surface area contributed by atoms with Crippen LogP contribution in [0.15, 0.2) is 130 Å². The molecule has 0 aromatic heterocycles. The van der Waals surface area contributed by atoms with Crippen LogP contribution in [0.1, 0.15) is 26.3 Å². The summed E-state index contributed by atoms with van der Waals surface area (Å²) in [5.74, 6) is -1.93. The van der Waals surface area contributed by atoms with Crippen molar-refractivity contribution >= 4 is 104 Å². The van der Waals surface area contributed by atoms with Crippen molar-refractivity contribution in [1.82, 2.24) is 5.32 Å². The highest BCUT2D eigenvalue weighted by atomic mass is 32.2. The Balaban J connectivity index is 1.25. The van der Waals surface area contributed by atoms with Gasteiger partial charge in [0.15, 0.2) is 5.75 Å². The quantitative estimate of drug-likeness (QED) is 0.0356. The van der Waals surface area contributed by atoms with Gasteiger partial charge in [-0.2, -0.15) is 40.6 Å². The average Bonchev–Trinajstić information content (AvgIpc) is 3.43. The Morgan fingerprint density at radius 2 is 1.12 bits per heavy atom. The summed E-state index contributed by atoms with van der Waals surface area (Å²) in [7, 11) is -14.8. The minimum absolute atomic E-state index is 0.00592. The zero-order valence-electron chi connectivity index (χ0n) is 29.1. The van der Waals surface area contributed by atoms with Crippen molar-refractivity contribution in [3.63, 3.8) is 0 Å². The zero-order valence-corrected chi connectivity index (χ0v) is 31.6. The standard InChI is InChI=1S/C35H24N8O12S3/c1-16-10-18(3-7-27(16)40-39-19-2-5-22-25(13-19)35(46)37-34(22)45)38-41-28-8-9-29(24-14-20(56(47,48)49)4-6-21(24)28)42-43-32-31(58(53,54)55)12-17-11-30(57(50,51)52)26(36)15-23(17)33(32)44/h2-15,44H,36H2,1H3,(H,37,45,46)(H,47,48,49)(H,50,51,52)(H,53,54,55). The molecule has 6 aromatic rings. The number of nitrogens with zero attached hydrogens (tertiary/aromatic N) is 6. The van der Waals surface area contributed by atoms with E-state index in [0.29, 0.717) is 22.6 Å². The zero-order chi connectivity index (χ0) is 41.9. The number of hydrogen-bond donors (Lipinski definition) is 6. The van der Waals surface area contributed by atoms with E-state index in [9.17, 15) is 53.6 Å². The molecule has 0 spiro atoms. The van der Waals surface area contributed by atoms with E-state index in [0.717, 1.165) is 30.3 Å². The maximum atomic E-state index is 12.4. The van der Waals surface area contributed by atoms with Gasteiger partial charge in [0.2, 0.25) is 0 Å². The van der Waals surface area contributed by atoms with E-state index in [-0.39, 0.29) is 44.0 Å². The summed E-state index contributed by atoms with van der Waals surface area (Å²) in [6, 6.07) is 17.9. The maximum Gasteiger partial charge on any atom is 0.296 e. The molecule has 7 rings (SSSR count). The number of aromatic hydroxyl groups is 1. The highest BCUT2D eigenvalue weighted by Crippen LogP contribution is 2.44. The molecule has 1 heterocycles. The number of carbonyl (C=O) groups excluding carboxylic acids is 2. The lowest BCUT2D eigenvalue weighted by Gasteiger charge is -2.11. The van der Waals surface area contributed by atoms with E-state index in [2.05, 4.69) is 36.0 Å². The molecule has 23 heteroatoms. The third-order valence-electron chi connectivity index (χ3n) is 8.68. The van der Waals surface area contributed by atoms with Gasteiger partial charge in [0.1, 0.15) is 15.5 Å². The molecule has 0 bridgehead atoms. The molecular formula is C35H24N8O12S3. The van der Waals surface area contributed by atoms with Gasteiger partial charge < -0.3 is 10.8 Å². The van der Waals surface area contributed by atoms with Crippen LogP contribution < -0.4 is 11.1 Å². The predicted molar refractivity (Wildman–Crippen MR) is 205 cm³/mol. The highest BCUT2D eigenvalue weighted by molar-refractivity contribution is 7.86. The van der Waals surface area contributed by atoms with E-state index in [1.807, 2.05) is 0 Å². The van der Waals surface area contributed by atoms with Crippen LogP contribution >= 0.6 is 0 Å². The number of carbonyl (C=O) groups is 2. The van der Waals surface area contributed by atoms with Crippen molar-refractivity contribution < 1.29 is 53.6 Å². The fraction of sp³-hybridized carbons (Fsp3) is 0.0286. The van der Waals surface area contributed by atoms with Gasteiger partial charge in [-0.25, -0.2) is 0 Å². The van der Waals surface area contributed by atoms with Gasteiger partial charge in [0.05, 0.1) is 50.1 Å². The van der Waals surface area contributed by atoms with Crippen molar-refractivity contribution in [3.05, 3.63) is 102 Å². The number of phenolic OH excluding ortho intramolecular Hbond substituents is 1. The summed E-state index contributed by atoms with van der Waals surface area (Å²) in [6.07, 6.45) is 0. The molecule has 1 aliphatic rings. The monoisotopic (exact) mass is 844 g/mol. The van der Waals surface area contributed by atoms with E-state index < -0.39 is 74.0 Å². The van der Waals surface area contributed by atoms with E-state index in [1.165, 1.54) is 30.3 Å². The normalized spacial score (nSPS) is 13.7. The van der Waals surface area contributed by atoms with Crippen LogP contribution in [-0.4, -0.2) is 55.8 Å². The minimum atomic E-state index is -5.18. The first kappa shape index (κ1) is 39.3. The molecule has 0 radical (unpaired) electrons. The number of phenols is 1. The minimum Gasteiger partial charge on any atom is -0.505 e. The Bertz CT molecular complexity index is 3260. The number of fused-ring (bicyclic) bond motifs is 3. The SMILES string of the molecule is Cc1cc(N=Nc2ccc(N=Nc3c(S(=O)(=O)O)cc4cc(S(=O)(=O)O)c(N)cc4c3O)c3cc(S(=O)(=O)O)ccc23)ccc1N=Nc1ccc2c(c1)C(=O)NC2=O. The number of anilines is 1. The number of rotatable bonds is 9. The van der Waals surface area contributed by atoms with Gasteiger partial charge in [-0.05, 0) is 96.7 Å². The molecule has 58 heavy (non-hydrogen) atoms. The molecule has 6 aromatic carbocycles. The van der Waals surface area contributed by atoms with Crippen LogP contribution in [0.3, 0.4) is 0 Å². The predicted octanol–water partition coefficient (Wildman–Crippen LogP) is 7.46. The number of azo groups is 3. The Kier molecular flexibility index (Phi) is 9.66. The Hall–Kier alpha value is -6.89. The first-order valence-corrected chi connectivity index (χ1v) is 20.4. The van der Waals surface area contributed by atoms with Gasteiger partial charge in [-0.15, -0.1) is 15.3 Å². The number of nitrogen functional groups attached to an aromatic ring is 1. The average molecular weight is 845 g/mol. The molecule has 0 unspecified atom stereocenters. The first-order chi connectivity index (χ1) is 27.2. The Morgan fingerprint density at radius 1 is 0.552 bits per heavy atom. The molecule has 0 saturated carbocycles. The molecule has 0 aliphatic carbocycles. The summed E-state index contributed by atoms with van der Waals surface area (Å²) in [6.45, 7) is 1.74. The molecule has 20 nitrogen and oxygen atoms in total. The lowest BCUT2D eigenvalue weighted by molar-refractivity contribution is 0.0879. The van der Waals surface area contributed by atoms with E-state index in [4.69, 9.17) is 5.73 Å². The van der Waals surface area contributed by atoms with Crippen molar-refractivity contribution in [2.75, 3.05) is 5.73 Å². The lowest BCUT2D eigenvalue weighted by Crippen LogP contribution is -2.19.